The van der Waals surface area contributed by atoms with Crippen LogP contribution in [-0.2, 0) is 9.59 Å². The third kappa shape index (κ3) is 19.9. The minimum absolute atomic E-state index is 0.278. The maximum Gasteiger partial charge on any atom is 0.320 e. The molecule has 178 valence electrons. The predicted molar refractivity (Wildman–Crippen MR) is 123 cm³/mol. The van der Waals surface area contributed by atoms with Crippen LogP contribution >= 0.6 is 23.2 Å². The second kappa shape index (κ2) is 20.2. The van der Waals surface area contributed by atoms with E-state index in [0.29, 0.717) is 47.3 Å². The van der Waals surface area contributed by atoms with E-state index in [1.807, 2.05) is 0 Å². The molecule has 2 rings (SSSR count). The molecule has 31 heavy (non-hydrogen) atoms. The van der Waals surface area contributed by atoms with Crippen molar-refractivity contribution in [2.45, 2.75) is 57.0 Å². The molecular weight excluding hydrogens is 447 g/mol. The van der Waals surface area contributed by atoms with Crippen molar-refractivity contribution in [1.29, 1.82) is 0 Å². The number of carbonyl (C=O) groups is 3. The molecule has 1 fully saturated rings. The molecule has 0 amide bonds. The SMILES string of the molecule is NC1CCCCC1.NCC(=O)O.NCCC[C@H](N)C(=O)O.O=Cc1ccc(Cl)cc1Cl. The van der Waals surface area contributed by atoms with Crippen molar-refractivity contribution in [1.82, 2.24) is 0 Å². The summed E-state index contributed by atoms with van der Waals surface area (Å²) in [5.41, 5.74) is 20.9. The molecule has 1 saturated carbocycles. The van der Waals surface area contributed by atoms with E-state index in [4.69, 9.17) is 50.6 Å². The summed E-state index contributed by atoms with van der Waals surface area (Å²) in [6.45, 7) is 0.223. The Morgan fingerprint density at radius 2 is 1.68 bits per heavy atom. The van der Waals surface area contributed by atoms with Gasteiger partial charge in [-0.05, 0) is 50.4 Å². The fourth-order valence-electron chi connectivity index (χ4n) is 2.19. The Bertz CT molecular complexity index is 644. The normalized spacial score (nSPS) is 13.7. The lowest BCUT2D eigenvalue weighted by molar-refractivity contribution is -0.138. The summed E-state index contributed by atoms with van der Waals surface area (Å²) in [6.07, 6.45) is 8.49. The molecule has 0 bridgehead atoms. The molecule has 0 aromatic heterocycles. The number of nitrogens with two attached hydrogens (primary N) is 4. The average Bonchev–Trinajstić information content (AvgIpc) is 2.74. The van der Waals surface area contributed by atoms with Crippen molar-refractivity contribution in [3.8, 4) is 0 Å². The van der Waals surface area contributed by atoms with Crippen LogP contribution in [0.5, 0.6) is 0 Å². The minimum atomic E-state index is -0.968. The van der Waals surface area contributed by atoms with Crippen LogP contribution in [0.1, 0.15) is 55.3 Å². The third-order valence-corrected chi connectivity index (χ3v) is 4.51. The van der Waals surface area contributed by atoms with Gasteiger partial charge in [0.15, 0.2) is 6.29 Å². The van der Waals surface area contributed by atoms with Gasteiger partial charge >= 0.3 is 11.9 Å². The Labute approximate surface area is 193 Å². The molecule has 9 nitrogen and oxygen atoms in total. The van der Waals surface area contributed by atoms with Gasteiger partial charge in [0.2, 0.25) is 0 Å². The molecule has 11 heteroatoms. The highest BCUT2D eigenvalue weighted by Crippen LogP contribution is 2.19. The first-order chi connectivity index (χ1) is 14.6. The molecule has 0 saturated heterocycles. The molecule has 0 aliphatic heterocycles. The fourth-order valence-corrected chi connectivity index (χ4v) is 2.65. The van der Waals surface area contributed by atoms with E-state index < -0.39 is 18.0 Å². The number of benzene rings is 1. The lowest BCUT2D eigenvalue weighted by Gasteiger charge is -2.15. The zero-order chi connectivity index (χ0) is 24.2. The zero-order valence-corrected chi connectivity index (χ0v) is 19.0. The monoisotopic (exact) mass is 480 g/mol. The summed E-state index contributed by atoms with van der Waals surface area (Å²) in [7, 11) is 0. The van der Waals surface area contributed by atoms with Crippen LogP contribution < -0.4 is 22.9 Å². The lowest BCUT2D eigenvalue weighted by atomic mass is 9.97. The minimum Gasteiger partial charge on any atom is -0.480 e. The number of hydrogen-bond donors (Lipinski definition) is 6. The van der Waals surface area contributed by atoms with Gasteiger partial charge in [-0.2, -0.15) is 0 Å². The number of aliphatic carboxylic acids is 2. The van der Waals surface area contributed by atoms with E-state index in [9.17, 15) is 14.4 Å². The standard InChI is InChI=1S/C7H4Cl2O.C6H13N.C5H12N2O2.C2H5NO2/c8-6-2-1-5(4-10)7(9)3-6;7-6-4-2-1-3-5-6;6-3-1-2-4(7)5(8)9;3-1-2(4)5/h1-4H;6H,1-5,7H2;4H,1-3,6-7H2,(H,8,9);1,3H2,(H,4,5)/t;;4-;/m..0./s1. The van der Waals surface area contributed by atoms with Crippen LogP contribution in [0.2, 0.25) is 10.0 Å². The Hall–Kier alpha value is -1.75. The van der Waals surface area contributed by atoms with Crippen molar-refractivity contribution in [2.24, 2.45) is 22.9 Å². The van der Waals surface area contributed by atoms with Crippen LogP contribution in [0.3, 0.4) is 0 Å². The molecule has 1 aromatic rings. The third-order valence-electron chi connectivity index (χ3n) is 3.95. The summed E-state index contributed by atoms with van der Waals surface area (Å²) in [5.74, 6) is -1.92. The van der Waals surface area contributed by atoms with Crippen LogP contribution in [0.25, 0.3) is 0 Å². The first kappa shape index (κ1) is 31.4. The summed E-state index contributed by atoms with van der Waals surface area (Å²) >= 11 is 11.2. The van der Waals surface area contributed by atoms with Gasteiger partial charge < -0.3 is 33.1 Å². The fraction of sp³-hybridized carbons (Fsp3) is 0.550. The second-order valence-electron chi connectivity index (χ2n) is 6.66. The highest BCUT2D eigenvalue weighted by Gasteiger charge is 2.09. The Morgan fingerprint density at radius 3 is 2.00 bits per heavy atom. The highest BCUT2D eigenvalue weighted by atomic mass is 35.5. The number of carboxylic acid groups (broad SMARTS) is 2. The number of hydrogen-bond acceptors (Lipinski definition) is 7. The van der Waals surface area contributed by atoms with Gasteiger partial charge in [-0.3, -0.25) is 14.4 Å². The van der Waals surface area contributed by atoms with Gasteiger partial charge in [-0.25, -0.2) is 0 Å². The second-order valence-corrected chi connectivity index (χ2v) is 7.50. The molecule has 1 aromatic carbocycles. The molecule has 1 atom stereocenters. The number of rotatable bonds is 6. The Kier molecular flexibility index (Phi) is 20.5. The molecular formula is C20H34Cl2N4O5. The van der Waals surface area contributed by atoms with Gasteiger partial charge in [0.05, 0.1) is 11.6 Å². The van der Waals surface area contributed by atoms with Crippen LogP contribution in [0.15, 0.2) is 18.2 Å². The molecule has 0 spiro atoms. The molecule has 0 heterocycles. The lowest BCUT2D eigenvalue weighted by Crippen LogP contribution is -2.30. The van der Waals surface area contributed by atoms with Gasteiger partial charge in [0.1, 0.15) is 6.04 Å². The van der Waals surface area contributed by atoms with E-state index >= 15 is 0 Å². The first-order valence-corrected chi connectivity index (χ1v) is 10.6. The molecule has 10 N–H and O–H groups in total. The summed E-state index contributed by atoms with van der Waals surface area (Å²) < 4.78 is 0. The molecule has 0 radical (unpaired) electrons. The number of halogens is 2. The highest BCUT2D eigenvalue weighted by molar-refractivity contribution is 6.36. The Balaban J connectivity index is 0. The first-order valence-electron chi connectivity index (χ1n) is 9.85. The van der Waals surface area contributed by atoms with Crippen molar-refractivity contribution in [3.05, 3.63) is 33.8 Å². The van der Waals surface area contributed by atoms with Crippen LogP contribution in [-0.4, -0.2) is 53.6 Å². The number of aldehydes is 1. The van der Waals surface area contributed by atoms with Crippen molar-refractivity contribution in [3.63, 3.8) is 0 Å². The number of carbonyl (C=O) groups excluding carboxylic acids is 1. The molecule has 1 aliphatic rings. The van der Waals surface area contributed by atoms with Crippen molar-refractivity contribution in [2.75, 3.05) is 13.1 Å². The predicted octanol–water partition coefficient (Wildman–Crippen LogP) is 2.25. The number of carboxylic acids is 2. The van der Waals surface area contributed by atoms with E-state index in [1.54, 1.807) is 12.1 Å². The maximum atomic E-state index is 10.2. The molecule has 0 unspecified atom stereocenters. The van der Waals surface area contributed by atoms with E-state index in [0.717, 1.165) is 0 Å². The average molecular weight is 481 g/mol. The van der Waals surface area contributed by atoms with Gasteiger partial charge in [0.25, 0.3) is 0 Å². The topological polar surface area (TPSA) is 196 Å². The summed E-state index contributed by atoms with van der Waals surface area (Å²) in [5, 5.41) is 16.8. The van der Waals surface area contributed by atoms with E-state index in [2.05, 4.69) is 5.73 Å². The molecule has 1 aliphatic carbocycles. The zero-order valence-electron chi connectivity index (χ0n) is 17.5. The Morgan fingerprint density at radius 1 is 1.13 bits per heavy atom. The summed E-state index contributed by atoms with van der Waals surface area (Å²) in [4.78, 5) is 29.5. The van der Waals surface area contributed by atoms with Gasteiger partial charge in [0, 0.05) is 16.6 Å². The largest absolute Gasteiger partial charge is 0.480 e. The summed E-state index contributed by atoms with van der Waals surface area (Å²) in [6, 6.07) is 4.53. The van der Waals surface area contributed by atoms with E-state index in [-0.39, 0.29) is 6.54 Å². The van der Waals surface area contributed by atoms with Crippen LogP contribution in [0, 0.1) is 0 Å². The quantitative estimate of drug-likeness (QED) is 0.330. The van der Waals surface area contributed by atoms with Crippen molar-refractivity contribution < 1.29 is 24.6 Å². The van der Waals surface area contributed by atoms with Gasteiger partial charge in [-0.1, -0.05) is 42.5 Å². The van der Waals surface area contributed by atoms with Gasteiger partial charge in [-0.15, -0.1) is 0 Å². The van der Waals surface area contributed by atoms with Crippen molar-refractivity contribution >= 4 is 41.4 Å². The van der Waals surface area contributed by atoms with Crippen LogP contribution in [0.4, 0.5) is 0 Å². The smallest absolute Gasteiger partial charge is 0.320 e. The van der Waals surface area contributed by atoms with E-state index in [1.165, 1.54) is 38.2 Å². The maximum absolute atomic E-state index is 10.2.